The third-order valence-corrected chi connectivity index (χ3v) is 2.97. The Kier molecular flexibility index (Phi) is 5.57. The molecule has 0 aromatic carbocycles. The monoisotopic (exact) mass is 186 g/mol. The van der Waals surface area contributed by atoms with Crippen LogP contribution in [0.3, 0.4) is 0 Å². The molecule has 0 aromatic heterocycles. The molecule has 1 atom stereocenters. The van der Waals surface area contributed by atoms with Gasteiger partial charge in [0, 0.05) is 6.04 Å². The van der Waals surface area contributed by atoms with Gasteiger partial charge in [-0.25, -0.2) is 0 Å². The second kappa shape index (κ2) is 5.61. The van der Waals surface area contributed by atoms with E-state index in [-0.39, 0.29) is 5.41 Å². The molecule has 0 aliphatic rings. The fourth-order valence-corrected chi connectivity index (χ4v) is 1.63. The molecule has 0 rings (SSSR count). The highest BCUT2D eigenvalue weighted by Gasteiger charge is 2.25. The lowest BCUT2D eigenvalue weighted by molar-refractivity contribution is 0.221. The number of hydrazine groups is 1. The minimum atomic E-state index is 0.261. The lowest BCUT2D eigenvalue weighted by Gasteiger charge is -2.32. The zero-order valence-electron chi connectivity index (χ0n) is 9.85. The van der Waals surface area contributed by atoms with Crippen LogP contribution in [0.2, 0.25) is 0 Å². The molecular weight excluding hydrogens is 160 g/mol. The number of hydrogen-bond donors (Lipinski definition) is 2. The molecule has 0 aliphatic carbocycles. The second-order valence-corrected chi connectivity index (χ2v) is 5.00. The van der Waals surface area contributed by atoms with E-state index in [0.29, 0.717) is 6.04 Å². The summed E-state index contributed by atoms with van der Waals surface area (Å²) in [6.45, 7) is 11.2. The standard InChI is InChI=1S/C11H26N2/c1-6-9(7-2)8-10(13-12)11(3,4)5/h9-10,13H,6-8,12H2,1-5H3. The highest BCUT2D eigenvalue weighted by Crippen LogP contribution is 2.26. The van der Waals surface area contributed by atoms with E-state index in [9.17, 15) is 0 Å². The van der Waals surface area contributed by atoms with Gasteiger partial charge in [-0.05, 0) is 17.8 Å². The van der Waals surface area contributed by atoms with Crippen LogP contribution in [0.5, 0.6) is 0 Å². The van der Waals surface area contributed by atoms with Crippen LogP contribution in [0.25, 0.3) is 0 Å². The van der Waals surface area contributed by atoms with Crippen LogP contribution >= 0.6 is 0 Å². The molecule has 3 N–H and O–H groups in total. The van der Waals surface area contributed by atoms with Crippen molar-refractivity contribution < 1.29 is 0 Å². The molecule has 0 spiro atoms. The molecule has 0 saturated heterocycles. The second-order valence-electron chi connectivity index (χ2n) is 5.00. The van der Waals surface area contributed by atoms with Crippen molar-refractivity contribution in [1.82, 2.24) is 5.43 Å². The first-order valence-electron chi connectivity index (χ1n) is 5.41. The van der Waals surface area contributed by atoms with Gasteiger partial charge in [-0.1, -0.05) is 47.5 Å². The van der Waals surface area contributed by atoms with Crippen molar-refractivity contribution >= 4 is 0 Å². The molecule has 0 heterocycles. The molecule has 13 heavy (non-hydrogen) atoms. The highest BCUT2D eigenvalue weighted by molar-refractivity contribution is 4.80. The Bertz CT molecular complexity index is 123. The zero-order valence-corrected chi connectivity index (χ0v) is 9.85. The van der Waals surface area contributed by atoms with Crippen molar-refractivity contribution in [3.05, 3.63) is 0 Å². The van der Waals surface area contributed by atoms with Gasteiger partial charge in [0.15, 0.2) is 0 Å². The van der Waals surface area contributed by atoms with E-state index in [1.54, 1.807) is 0 Å². The normalized spacial score (nSPS) is 15.0. The number of nitrogens with two attached hydrogens (primary N) is 1. The van der Waals surface area contributed by atoms with Gasteiger partial charge in [0.25, 0.3) is 0 Å². The predicted octanol–water partition coefficient (Wildman–Crippen LogP) is 2.69. The van der Waals surface area contributed by atoms with Crippen LogP contribution in [-0.4, -0.2) is 6.04 Å². The molecule has 0 aliphatic heterocycles. The average molecular weight is 186 g/mol. The summed E-state index contributed by atoms with van der Waals surface area (Å²) in [4.78, 5) is 0. The quantitative estimate of drug-likeness (QED) is 0.512. The van der Waals surface area contributed by atoms with Gasteiger partial charge in [-0.3, -0.25) is 11.3 Å². The van der Waals surface area contributed by atoms with E-state index in [4.69, 9.17) is 5.84 Å². The van der Waals surface area contributed by atoms with Crippen molar-refractivity contribution in [3.8, 4) is 0 Å². The first-order valence-corrected chi connectivity index (χ1v) is 5.41. The lowest BCUT2D eigenvalue weighted by atomic mass is 9.80. The summed E-state index contributed by atoms with van der Waals surface area (Å²) in [7, 11) is 0. The van der Waals surface area contributed by atoms with Crippen LogP contribution in [0.15, 0.2) is 0 Å². The van der Waals surface area contributed by atoms with Gasteiger partial charge < -0.3 is 0 Å². The maximum atomic E-state index is 5.57. The molecule has 0 fully saturated rings. The maximum absolute atomic E-state index is 5.57. The molecule has 0 amide bonds. The van der Waals surface area contributed by atoms with Crippen LogP contribution < -0.4 is 11.3 Å². The molecule has 2 nitrogen and oxygen atoms in total. The van der Waals surface area contributed by atoms with Gasteiger partial charge in [-0.2, -0.15) is 0 Å². The van der Waals surface area contributed by atoms with Crippen molar-refractivity contribution in [2.75, 3.05) is 0 Å². The Labute approximate surface area is 83.2 Å². The largest absolute Gasteiger partial charge is 0.271 e. The first kappa shape index (κ1) is 12.9. The zero-order chi connectivity index (χ0) is 10.5. The van der Waals surface area contributed by atoms with Crippen LogP contribution in [0.1, 0.15) is 53.9 Å². The third kappa shape index (κ3) is 4.63. The molecular formula is C11H26N2. The van der Waals surface area contributed by atoms with Crippen LogP contribution in [-0.2, 0) is 0 Å². The van der Waals surface area contributed by atoms with E-state index in [1.165, 1.54) is 19.3 Å². The Morgan fingerprint density at radius 3 is 1.85 bits per heavy atom. The summed E-state index contributed by atoms with van der Waals surface area (Å²) < 4.78 is 0. The molecule has 0 saturated carbocycles. The number of rotatable bonds is 5. The van der Waals surface area contributed by atoms with E-state index in [2.05, 4.69) is 40.0 Å². The van der Waals surface area contributed by atoms with Crippen molar-refractivity contribution in [2.24, 2.45) is 17.2 Å². The van der Waals surface area contributed by atoms with Crippen molar-refractivity contribution in [1.29, 1.82) is 0 Å². The average Bonchev–Trinajstić information content (AvgIpc) is 2.04. The van der Waals surface area contributed by atoms with E-state index in [1.807, 2.05) is 0 Å². The number of nitrogens with one attached hydrogen (secondary N) is 1. The Hall–Kier alpha value is -0.0800. The lowest BCUT2D eigenvalue weighted by Crippen LogP contribution is -2.45. The first-order chi connectivity index (χ1) is 5.95. The van der Waals surface area contributed by atoms with Gasteiger partial charge in [0.2, 0.25) is 0 Å². The van der Waals surface area contributed by atoms with Crippen LogP contribution in [0, 0.1) is 11.3 Å². The van der Waals surface area contributed by atoms with E-state index < -0.39 is 0 Å². The summed E-state index contributed by atoms with van der Waals surface area (Å²) in [6, 6.07) is 0.428. The van der Waals surface area contributed by atoms with Gasteiger partial charge in [-0.15, -0.1) is 0 Å². The topological polar surface area (TPSA) is 38.0 Å². The molecule has 2 heteroatoms. The minimum absolute atomic E-state index is 0.261. The summed E-state index contributed by atoms with van der Waals surface area (Å²) in [5.41, 5.74) is 3.20. The van der Waals surface area contributed by atoms with Crippen molar-refractivity contribution in [3.63, 3.8) is 0 Å². The molecule has 0 radical (unpaired) electrons. The number of hydrogen-bond acceptors (Lipinski definition) is 2. The Morgan fingerprint density at radius 2 is 1.62 bits per heavy atom. The Balaban J connectivity index is 4.11. The SMILES string of the molecule is CCC(CC)CC(NN)C(C)(C)C. The van der Waals surface area contributed by atoms with Gasteiger partial charge in [0.05, 0.1) is 0 Å². The Morgan fingerprint density at radius 1 is 1.15 bits per heavy atom. The minimum Gasteiger partial charge on any atom is -0.271 e. The van der Waals surface area contributed by atoms with Crippen LogP contribution in [0.4, 0.5) is 0 Å². The van der Waals surface area contributed by atoms with E-state index in [0.717, 1.165) is 5.92 Å². The van der Waals surface area contributed by atoms with E-state index >= 15 is 0 Å². The van der Waals surface area contributed by atoms with Gasteiger partial charge >= 0.3 is 0 Å². The summed E-state index contributed by atoms with van der Waals surface area (Å²) >= 11 is 0. The highest BCUT2D eigenvalue weighted by atomic mass is 15.2. The molecule has 0 aromatic rings. The fourth-order valence-electron chi connectivity index (χ4n) is 1.63. The molecule has 1 unspecified atom stereocenters. The molecule has 0 bridgehead atoms. The maximum Gasteiger partial charge on any atom is 0.0261 e. The summed E-state index contributed by atoms with van der Waals surface area (Å²) in [5.74, 6) is 6.37. The van der Waals surface area contributed by atoms with Gasteiger partial charge in [0.1, 0.15) is 0 Å². The van der Waals surface area contributed by atoms with Crippen molar-refractivity contribution in [2.45, 2.75) is 59.9 Å². The third-order valence-electron chi connectivity index (χ3n) is 2.97. The summed E-state index contributed by atoms with van der Waals surface area (Å²) in [5, 5.41) is 0. The smallest absolute Gasteiger partial charge is 0.0261 e. The summed E-state index contributed by atoms with van der Waals surface area (Å²) in [6.07, 6.45) is 3.70. The predicted molar refractivity (Wildman–Crippen MR) is 59.3 cm³/mol. The molecule has 80 valence electrons. The fraction of sp³-hybridized carbons (Fsp3) is 1.00.